The number of Topliss-reactive ketones (excluding diaryl/α,β-unsaturated/α-hetero) is 1. The fraction of sp³-hybridized carbons (Fsp3) is 0.444. The van der Waals surface area contributed by atoms with Gasteiger partial charge in [0.1, 0.15) is 5.78 Å². The summed E-state index contributed by atoms with van der Waals surface area (Å²) in [6.07, 6.45) is 6.87. The molecule has 0 bridgehead atoms. The first-order chi connectivity index (χ1) is 5.83. The zero-order valence-electron chi connectivity index (χ0n) is 7.16. The molecular weight excluding hydrogens is 152 g/mol. The highest BCUT2D eigenvalue weighted by molar-refractivity contribution is 5.78. The van der Waals surface area contributed by atoms with Gasteiger partial charge >= 0.3 is 0 Å². The lowest BCUT2D eigenvalue weighted by Crippen LogP contribution is -1.99. The van der Waals surface area contributed by atoms with E-state index >= 15 is 0 Å². The maximum atomic E-state index is 10.9. The van der Waals surface area contributed by atoms with Crippen molar-refractivity contribution in [3.63, 3.8) is 0 Å². The monoisotopic (exact) mass is 164 g/mol. The van der Waals surface area contributed by atoms with Crippen LogP contribution in [-0.4, -0.2) is 15.8 Å². The Bertz CT molecular complexity index is 246. The van der Waals surface area contributed by atoms with E-state index in [0.29, 0.717) is 19.3 Å². The highest BCUT2D eigenvalue weighted by atomic mass is 16.1. The van der Waals surface area contributed by atoms with Crippen molar-refractivity contribution in [2.75, 3.05) is 0 Å². The Labute approximate surface area is 71.9 Å². The molecule has 0 N–H and O–H groups in total. The molecular formula is C9H12N2O. The third-order valence-electron chi connectivity index (χ3n) is 1.67. The second kappa shape index (κ2) is 4.59. The Morgan fingerprint density at radius 1 is 1.50 bits per heavy atom. The minimum Gasteiger partial charge on any atom is -0.300 e. The Hall–Kier alpha value is -1.25. The van der Waals surface area contributed by atoms with E-state index in [1.54, 1.807) is 18.6 Å². The smallest absolute Gasteiger partial charge is 0.133 e. The van der Waals surface area contributed by atoms with Crippen LogP contribution in [0.5, 0.6) is 0 Å². The number of aryl methyl sites for hydroxylation is 1. The fourth-order valence-corrected chi connectivity index (χ4v) is 0.903. The number of carbonyl (C=O) groups is 1. The van der Waals surface area contributed by atoms with E-state index in [0.717, 1.165) is 5.69 Å². The van der Waals surface area contributed by atoms with Crippen molar-refractivity contribution in [3.05, 3.63) is 24.3 Å². The molecule has 0 spiro atoms. The van der Waals surface area contributed by atoms with Crippen molar-refractivity contribution in [1.82, 2.24) is 9.97 Å². The molecule has 1 rings (SSSR count). The molecule has 1 aromatic rings. The molecule has 0 fully saturated rings. The summed E-state index contributed by atoms with van der Waals surface area (Å²) >= 11 is 0. The van der Waals surface area contributed by atoms with Crippen LogP contribution < -0.4 is 0 Å². The number of hydrogen-bond donors (Lipinski definition) is 0. The Balaban J connectivity index is 2.38. The molecule has 0 aliphatic heterocycles. The summed E-state index contributed by atoms with van der Waals surface area (Å²) in [4.78, 5) is 18.9. The molecule has 1 heterocycles. The number of ketones is 1. The molecule has 64 valence electrons. The number of hydrogen-bond acceptors (Lipinski definition) is 3. The number of nitrogens with zero attached hydrogens (tertiary/aromatic N) is 2. The lowest BCUT2D eigenvalue weighted by atomic mass is 10.1. The van der Waals surface area contributed by atoms with Crippen LogP contribution in [0.15, 0.2) is 18.6 Å². The Kier molecular flexibility index (Phi) is 3.38. The van der Waals surface area contributed by atoms with Gasteiger partial charge in [-0.05, 0) is 6.42 Å². The van der Waals surface area contributed by atoms with Gasteiger partial charge in [0.25, 0.3) is 0 Å². The summed E-state index contributed by atoms with van der Waals surface area (Å²) in [6.45, 7) is 1.87. The van der Waals surface area contributed by atoms with Gasteiger partial charge in [-0.3, -0.25) is 14.8 Å². The van der Waals surface area contributed by atoms with Crippen LogP contribution in [0.1, 0.15) is 25.5 Å². The topological polar surface area (TPSA) is 42.9 Å². The molecule has 0 unspecified atom stereocenters. The SMILES string of the molecule is CCC(=O)CCc1cnccn1. The van der Waals surface area contributed by atoms with Crippen molar-refractivity contribution in [2.24, 2.45) is 0 Å². The molecule has 0 atom stereocenters. The number of carbonyl (C=O) groups excluding carboxylic acids is 1. The fourth-order valence-electron chi connectivity index (χ4n) is 0.903. The third kappa shape index (κ3) is 2.78. The van der Waals surface area contributed by atoms with Crippen LogP contribution in [0, 0.1) is 0 Å². The second-order valence-corrected chi connectivity index (χ2v) is 2.59. The molecule has 0 amide bonds. The molecule has 1 aromatic heterocycles. The van der Waals surface area contributed by atoms with E-state index in [2.05, 4.69) is 9.97 Å². The van der Waals surface area contributed by atoms with Gasteiger partial charge in [-0.1, -0.05) is 6.92 Å². The average molecular weight is 164 g/mol. The lowest BCUT2D eigenvalue weighted by molar-refractivity contribution is -0.118. The number of aromatic nitrogens is 2. The van der Waals surface area contributed by atoms with Crippen LogP contribution in [0.4, 0.5) is 0 Å². The first-order valence-electron chi connectivity index (χ1n) is 4.09. The van der Waals surface area contributed by atoms with Gasteiger partial charge in [-0.15, -0.1) is 0 Å². The van der Waals surface area contributed by atoms with Crippen LogP contribution in [0.2, 0.25) is 0 Å². The van der Waals surface area contributed by atoms with Gasteiger partial charge in [0.2, 0.25) is 0 Å². The van der Waals surface area contributed by atoms with Crippen molar-refractivity contribution in [2.45, 2.75) is 26.2 Å². The van der Waals surface area contributed by atoms with Crippen LogP contribution in [0.3, 0.4) is 0 Å². The van der Waals surface area contributed by atoms with Crippen molar-refractivity contribution in [1.29, 1.82) is 0 Å². The standard InChI is InChI=1S/C9H12N2O/c1-2-9(12)4-3-8-7-10-5-6-11-8/h5-7H,2-4H2,1H3. The second-order valence-electron chi connectivity index (χ2n) is 2.59. The largest absolute Gasteiger partial charge is 0.300 e. The van der Waals surface area contributed by atoms with Crippen molar-refractivity contribution < 1.29 is 4.79 Å². The highest BCUT2D eigenvalue weighted by Gasteiger charge is 1.99. The van der Waals surface area contributed by atoms with E-state index in [4.69, 9.17) is 0 Å². The van der Waals surface area contributed by atoms with Crippen LogP contribution in [-0.2, 0) is 11.2 Å². The summed E-state index contributed by atoms with van der Waals surface area (Å²) < 4.78 is 0. The Morgan fingerprint density at radius 2 is 2.33 bits per heavy atom. The molecule has 0 aromatic carbocycles. The predicted octanol–water partition coefficient (Wildman–Crippen LogP) is 1.39. The molecule has 0 saturated carbocycles. The van der Waals surface area contributed by atoms with Gasteiger partial charge in [-0.25, -0.2) is 0 Å². The van der Waals surface area contributed by atoms with E-state index < -0.39 is 0 Å². The summed E-state index contributed by atoms with van der Waals surface area (Å²) in [5, 5.41) is 0. The zero-order chi connectivity index (χ0) is 8.81. The zero-order valence-corrected chi connectivity index (χ0v) is 7.16. The van der Waals surface area contributed by atoms with Crippen LogP contribution >= 0.6 is 0 Å². The summed E-state index contributed by atoms with van der Waals surface area (Å²) in [5.74, 6) is 0.278. The van der Waals surface area contributed by atoms with Crippen molar-refractivity contribution in [3.8, 4) is 0 Å². The Morgan fingerprint density at radius 3 is 2.92 bits per heavy atom. The first kappa shape index (κ1) is 8.84. The maximum Gasteiger partial charge on any atom is 0.133 e. The summed E-state index contributed by atoms with van der Waals surface area (Å²) in [5.41, 5.74) is 0.888. The highest BCUT2D eigenvalue weighted by Crippen LogP contribution is 1.98. The quantitative estimate of drug-likeness (QED) is 0.675. The molecule has 0 aliphatic carbocycles. The first-order valence-corrected chi connectivity index (χ1v) is 4.09. The minimum atomic E-state index is 0.278. The van der Waals surface area contributed by atoms with Gasteiger partial charge in [0, 0.05) is 31.4 Å². The van der Waals surface area contributed by atoms with Gasteiger partial charge in [0.15, 0.2) is 0 Å². The van der Waals surface area contributed by atoms with Gasteiger partial charge in [0.05, 0.1) is 5.69 Å². The van der Waals surface area contributed by atoms with E-state index in [1.165, 1.54) is 0 Å². The molecule has 3 nitrogen and oxygen atoms in total. The molecule has 3 heteroatoms. The maximum absolute atomic E-state index is 10.9. The average Bonchev–Trinajstić information content (AvgIpc) is 2.16. The normalized spacial score (nSPS) is 9.75. The lowest BCUT2D eigenvalue weighted by Gasteiger charge is -1.96. The predicted molar refractivity (Wildman–Crippen MR) is 45.7 cm³/mol. The molecule has 0 radical (unpaired) electrons. The van der Waals surface area contributed by atoms with Gasteiger partial charge < -0.3 is 0 Å². The molecule has 0 aliphatic rings. The van der Waals surface area contributed by atoms with Crippen LogP contribution in [0.25, 0.3) is 0 Å². The van der Waals surface area contributed by atoms with Gasteiger partial charge in [-0.2, -0.15) is 0 Å². The molecule has 0 saturated heterocycles. The van der Waals surface area contributed by atoms with Crippen molar-refractivity contribution >= 4 is 5.78 Å². The number of rotatable bonds is 4. The minimum absolute atomic E-state index is 0.278. The molecule has 12 heavy (non-hydrogen) atoms. The van der Waals surface area contributed by atoms with E-state index in [9.17, 15) is 4.79 Å². The van der Waals surface area contributed by atoms with E-state index in [1.807, 2.05) is 6.92 Å². The summed E-state index contributed by atoms with van der Waals surface area (Å²) in [7, 11) is 0. The van der Waals surface area contributed by atoms with E-state index in [-0.39, 0.29) is 5.78 Å². The summed E-state index contributed by atoms with van der Waals surface area (Å²) in [6, 6.07) is 0. The third-order valence-corrected chi connectivity index (χ3v) is 1.67.